The molecule has 0 radical (unpaired) electrons. The van der Waals surface area contributed by atoms with Crippen molar-refractivity contribution in [2.24, 2.45) is 16.8 Å². The van der Waals surface area contributed by atoms with Gasteiger partial charge in [0.2, 0.25) is 23.6 Å². The van der Waals surface area contributed by atoms with Gasteiger partial charge in [0.05, 0.1) is 25.9 Å². The first-order chi connectivity index (χ1) is 43.3. The third-order valence-electron chi connectivity index (χ3n) is 14.7. The van der Waals surface area contributed by atoms with Crippen molar-refractivity contribution in [2.45, 2.75) is 126 Å². The molecule has 8 heterocycles. The number of rotatable bonds is 20. The van der Waals surface area contributed by atoms with E-state index in [0.29, 0.717) is 12.0 Å². The quantitative estimate of drug-likeness (QED) is 0.0102. The number of aromatic nitrogens is 8. The molecule has 0 aliphatic carbocycles. The summed E-state index contributed by atoms with van der Waals surface area (Å²) in [7, 11) is 0. The molecule has 0 saturated carbocycles. The van der Waals surface area contributed by atoms with E-state index in [-0.39, 0.29) is 78.6 Å². The molecular formula is C49H63FN20O17P2S2. The van der Waals surface area contributed by atoms with Crippen molar-refractivity contribution in [3.63, 3.8) is 0 Å². The molecule has 91 heavy (non-hydrogen) atoms. The number of thiol groups is 2. The second-order valence-electron chi connectivity index (χ2n) is 21.3. The maximum atomic E-state index is 16.6. The number of hydrogen-bond donors (Lipinski definition) is 10. The van der Waals surface area contributed by atoms with E-state index in [2.05, 4.69) is 91.0 Å². The van der Waals surface area contributed by atoms with Gasteiger partial charge in [0.1, 0.15) is 85.4 Å². The Kier molecular flexibility index (Phi) is 21.5. The lowest BCUT2D eigenvalue weighted by molar-refractivity contribution is -0.165. The molecule has 4 saturated heterocycles. The summed E-state index contributed by atoms with van der Waals surface area (Å²) < 4.78 is 94.7. The van der Waals surface area contributed by atoms with Gasteiger partial charge in [-0.2, -0.15) is 0 Å². The average Bonchev–Trinajstić information content (AvgIpc) is 1.74. The van der Waals surface area contributed by atoms with E-state index in [1.807, 2.05) is 0 Å². The summed E-state index contributed by atoms with van der Waals surface area (Å²) in [5, 5.41) is 15.9. The van der Waals surface area contributed by atoms with E-state index in [9.17, 15) is 42.7 Å². The van der Waals surface area contributed by atoms with E-state index >= 15 is 4.39 Å². The molecular weight excluding hydrogens is 1290 g/mol. The van der Waals surface area contributed by atoms with E-state index in [4.69, 9.17) is 59.8 Å². The van der Waals surface area contributed by atoms with E-state index < -0.39 is 154 Å². The van der Waals surface area contributed by atoms with Gasteiger partial charge in [0.25, 0.3) is 0 Å². The number of nitrogens with one attached hydrogen (secondary N) is 5. The van der Waals surface area contributed by atoms with Crippen LogP contribution in [0.3, 0.4) is 0 Å². The van der Waals surface area contributed by atoms with Crippen LogP contribution >= 0.6 is 38.1 Å². The van der Waals surface area contributed by atoms with Gasteiger partial charge < -0.3 is 67.6 Å². The third kappa shape index (κ3) is 16.2. The number of nitrogens with two attached hydrogens (primary N) is 3. The van der Waals surface area contributed by atoms with Crippen LogP contribution < -0.4 is 43.8 Å². The number of anilines is 3. The minimum atomic E-state index is -4.69. The number of halogens is 1. The van der Waals surface area contributed by atoms with Gasteiger partial charge in [-0.25, -0.2) is 57.8 Å². The van der Waals surface area contributed by atoms with E-state index in [0.717, 1.165) is 12.7 Å². The van der Waals surface area contributed by atoms with Gasteiger partial charge in [-0.15, -0.1) is 0 Å². The Morgan fingerprint density at radius 1 is 0.835 bits per heavy atom. The van der Waals surface area contributed by atoms with Crippen molar-refractivity contribution in [2.75, 3.05) is 49.6 Å². The highest BCUT2D eigenvalue weighted by molar-refractivity contribution is 8.44. The number of urea groups is 1. The number of carbonyl (C=O) groups is 7. The summed E-state index contributed by atoms with van der Waals surface area (Å²) in [5.41, 5.74) is 26.9. The first-order valence-corrected chi connectivity index (χ1v) is 33.3. The van der Waals surface area contributed by atoms with Crippen molar-refractivity contribution in [1.82, 2.24) is 65.2 Å². The van der Waals surface area contributed by atoms with Gasteiger partial charge in [-0.05, 0) is 61.8 Å². The number of benzene rings is 1. The number of alkyl carbamates (subject to hydrolysis) is 1. The molecule has 7 amide bonds. The van der Waals surface area contributed by atoms with Crippen molar-refractivity contribution >= 4 is 119 Å². The molecule has 4 fully saturated rings. The monoisotopic (exact) mass is 1350 g/mol. The first kappa shape index (κ1) is 67.4. The number of hydrogen-bond acceptors (Lipinski definition) is 26. The lowest BCUT2D eigenvalue weighted by Gasteiger charge is -2.31. The number of imidazole rings is 2. The average molecular weight is 1350 g/mol. The number of carbonyl (C=O) groups excluding carboxylic acids is 7. The lowest BCUT2D eigenvalue weighted by atomic mass is 10.0. The Morgan fingerprint density at radius 2 is 1.44 bits per heavy atom. The summed E-state index contributed by atoms with van der Waals surface area (Å²) in [6.45, 7) is -6.94. The molecule has 9 rings (SSSR count). The minimum Gasteiger partial charge on any atom is -0.453 e. The molecule has 0 unspecified atom stereocenters. The number of fused-ring (bicyclic) bond motifs is 4. The Morgan fingerprint density at radius 3 is 2.05 bits per heavy atom. The Hall–Kier alpha value is -8.03. The fraction of sp³-hybridized carbons (Fsp3) is 0.531. The number of primary amides is 1. The Labute approximate surface area is 525 Å². The molecule has 4 aromatic heterocycles. The van der Waals surface area contributed by atoms with Gasteiger partial charge in [-0.3, -0.25) is 46.4 Å². The van der Waals surface area contributed by atoms with E-state index in [1.54, 1.807) is 13.8 Å². The van der Waals surface area contributed by atoms with Crippen molar-refractivity contribution in [1.29, 1.82) is 0 Å². The largest absolute Gasteiger partial charge is 0.453 e. The molecule has 4 aliphatic heterocycles. The van der Waals surface area contributed by atoms with Gasteiger partial charge in [0.15, 0.2) is 47.7 Å². The summed E-state index contributed by atoms with van der Waals surface area (Å²) in [5.74, 6) is -4.29. The number of alkyl halides is 1. The van der Waals surface area contributed by atoms with Crippen LogP contribution in [-0.2, 0) is 76.8 Å². The number of nitrogen functional groups attached to an aromatic ring is 2. The number of ether oxygens (including phenoxy) is 4. The van der Waals surface area contributed by atoms with Crippen LogP contribution in [-0.4, -0.2) is 179 Å². The van der Waals surface area contributed by atoms with Crippen LogP contribution in [0.5, 0.6) is 0 Å². The number of esters is 1. The molecule has 490 valence electrons. The van der Waals surface area contributed by atoms with Crippen molar-refractivity contribution < 1.29 is 84.1 Å². The molecule has 14 atom stereocenters. The Balaban J connectivity index is 0.844. The normalized spacial score (nSPS) is 26.8. The zero-order valence-electron chi connectivity index (χ0n) is 48.4. The standard InChI is InChI=1S/C49H63FN20O17P2S2/c1-22(2)32(66-30(71)14-62-67-54)43(73)65-26(6-4-12-55-48(53)76)42(72)64-25-10-8-24(9-11-25)15-80-49(77)63-23(3)44(74)68-13-5-7-27(68)47(75)85-37-36-29(84-46(37)70-21-61-34-39(52)57-19-59-41(34)70)17-82-88(78,90)86-35-28(16-81-89(79,91)87-36)83-45(31(35)50)69-20-60-33-38(51)56-18-58-40(33)69/h8-11,18-23,26-29,31-32,35-37,45-46H,4-7,12-17H2,1-3H3,(H,63,77)(H,64,72)(H,65,73)(H,66,71)(H,78,90)(H,79,91)(H2,51,56,58)(H2,52,57,59)(H3,53,55,76)/t23-,26+,27+,28-,29-,31-,32+,35-,36-,37-,45-,46-,88-,89-/m1/s1. The smallest absolute Gasteiger partial charge is 0.408 e. The number of amides is 7. The lowest BCUT2D eigenvalue weighted by Crippen LogP contribution is -2.55. The topological polar surface area (TPSA) is 505 Å². The second-order valence-corrected chi connectivity index (χ2v) is 27.1. The summed E-state index contributed by atoms with van der Waals surface area (Å²) in [6.07, 6.45) is -9.03. The molecule has 5 aromatic rings. The summed E-state index contributed by atoms with van der Waals surface area (Å²) in [4.78, 5) is 121. The highest BCUT2D eigenvalue weighted by Crippen LogP contribution is 2.61. The van der Waals surface area contributed by atoms with Crippen LogP contribution in [0.15, 0.2) is 54.7 Å². The highest BCUT2D eigenvalue weighted by Gasteiger charge is 2.56. The molecule has 1 aromatic carbocycles. The number of azide groups is 1. The van der Waals surface area contributed by atoms with E-state index in [1.165, 1.54) is 57.9 Å². The first-order valence-electron chi connectivity index (χ1n) is 27.9. The van der Waals surface area contributed by atoms with Gasteiger partial charge >= 0.3 is 31.7 Å². The van der Waals surface area contributed by atoms with Crippen molar-refractivity contribution in [3.8, 4) is 0 Å². The zero-order chi connectivity index (χ0) is 65.5. The number of likely N-dealkylation sites (tertiary alicyclic amines) is 1. The predicted molar refractivity (Wildman–Crippen MR) is 319 cm³/mol. The summed E-state index contributed by atoms with van der Waals surface area (Å²) in [6, 6.07) is 0.408. The molecule has 0 bridgehead atoms. The van der Waals surface area contributed by atoms with Gasteiger partial charge in [-0.1, -0.05) is 55.6 Å². The van der Waals surface area contributed by atoms with Gasteiger partial charge in [0, 0.05) is 23.7 Å². The summed E-state index contributed by atoms with van der Waals surface area (Å²) >= 11 is 8.39. The number of nitrogens with zero attached hydrogens (tertiary/aromatic N) is 12. The fourth-order valence-electron chi connectivity index (χ4n) is 10.3. The molecule has 0 spiro atoms. The Bertz CT molecular complexity index is 3700. The minimum absolute atomic E-state index is 0.00695. The molecule has 42 heteroatoms. The maximum absolute atomic E-state index is 16.6. The molecule has 37 nitrogen and oxygen atoms in total. The van der Waals surface area contributed by atoms with Crippen LogP contribution in [0, 0.1) is 5.92 Å². The van der Waals surface area contributed by atoms with Crippen molar-refractivity contribution in [3.05, 3.63) is 65.6 Å². The van der Waals surface area contributed by atoms with Crippen LogP contribution in [0.2, 0.25) is 0 Å². The zero-order valence-corrected chi connectivity index (χ0v) is 52.0. The van der Waals surface area contributed by atoms with Crippen LogP contribution in [0.1, 0.15) is 64.5 Å². The highest BCUT2D eigenvalue weighted by atomic mass is 32.7. The maximum Gasteiger partial charge on any atom is 0.408 e. The second kappa shape index (κ2) is 29.1. The third-order valence-corrected chi connectivity index (χ3v) is 17.9. The van der Waals surface area contributed by atoms with Crippen LogP contribution in [0.25, 0.3) is 32.8 Å². The fourth-order valence-corrected chi connectivity index (χ4v) is 13.3. The predicted octanol–water partition coefficient (Wildman–Crippen LogP) is 2.40. The SMILES string of the molecule is CC(C)[C@H](NC(=O)CN=[N+]=[N-])C(=O)N[C@@H](CCCNC(N)=O)C(=O)Nc1ccc(COC(=O)N[C@H](C)C(=O)N2CCC[C@H]2C(=O)O[C@@H]2[C@@H]3O[P@](=O)(S)OC[C@H]4O[C@@H](n5cnc6c(N)ncnc65)[C@H](F)[C@@H]4O[P@](=O)(S)OC[C@H]3O[C@H]2n2cnc3c(N)ncnc32)cc1. The van der Waals surface area contributed by atoms with Crippen LogP contribution in [0.4, 0.5) is 31.3 Å². The molecule has 4 aliphatic rings. The molecule has 11 N–H and O–H groups in total.